The van der Waals surface area contributed by atoms with E-state index in [-0.39, 0.29) is 12.2 Å². The molecule has 1 rings (SSSR count). The summed E-state index contributed by atoms with van der Waals surface area (Å²) < 4.78 is 0. The Labute approximate surface area is 71.7 Å². The van der Waals surface area contributed by atoms with Crippen LogP contribution in [0, 0.1) is 0 Å². The first kappa shape index (κ1) is 9.07. The number of aromatic nitrogens is 1. The van der Waals surface area contributed by atoms with E-state index in [2.05, 4.69) is 4.98 Å². The van der Waals surface area contributed by atoms with Gasteiger partial charge in [0, 0.05) is 0 Å². The molecule has 3 nitrogen and oxygen atoms in total. The molecule has 0 fully saturated rings. The Hall–Kier alpha value is -1.03. The van der Waals surface area contributed by atoms with Crippen molar-refractivity contribution < 1.29 is 9.90 Å². The Morgan fingerprint density at radius 3 is 3.08 bits per heavy atom. The average Bonchev–Trinajstić information content (AvgIpc) is 2.05. The molecule has 0 aliphatic heterocycles. The fourth-order valence-electron chi connectivity index (χ4n) is 0.950. The number of aliphatic hydroxyl groups is 1. The zero-order valence-electron chi connectivity index (χ0n) is 6.90. The summed E-state index contributed by atoms with van der Waals surface area (Å²) in [4.78, 5) is 14.6. The third kappa shape index (κ3) is 2.55. The van der Waals surface area contributed by atoms with E-state index in [4.69, 9.17) is 0 Å². The molecule has 62 valence electrons. The Morgan fingerprint density at radius 1 is 1.83 bits per heavy atom. The van der Waals surface area contributed by atoms with Gasteiger partial charge in [0.05, 0.1) is 0 Å². The normalized spacial score (nSPS) is 12.2. The number of Topliss-reactive ketones (excluding diaryl/α,β-unsaturated/α-hetero) is 1. The number of aliphatic hydroxyl groups excluding tert-OH is 1. The second-order valence-corrected chi connectivity index (χ2v) is 2.68. The van der Waals surface area contributed by atoms with E-state index < -0.39 is 6.10 Å². The number of hydrogen-bond acceptors (Lipinski definition) is 3. The quantitative estimate of drug-likeness (QED) is 0.702. The monoisotopic (exact) mass is 163 g/mol. The third-order valence-electron chi connectivity index (χ3n) is 1.51. The summed E-state index contributed by atoms with van der Waals surface area (Å²) in [6, 6.07) is 0. The molecule has 4 heteroatoms. The summed E-state index contributed by atoms with van der Waals surface area (Å²) in [6.45, 7) is 3.23. The summed E-state index contributed by atoms with van der Waals surface area (Å²) in [5.41, 5.74) is 0.549. The molecule has 0 saturated carbocycles. The van der Waals surface area contributed by atoms with Crippen LogP contribution in [0.1, 0.15) is 25.1 Å². The first-order chi connectivity index (χ1) is 5.70. The Kier molecular flexibility index (Phi) is 3.11. The predicted octanol–water partition coefficient (Wildman–Crippen LogP) is 0.432. The molecule has 0 saturated heterocycles. The van der Waals surface area contributed by atoms with Crippen molar-refractivity contribution in [2.75, 3.05) is 0 Å². The van der Waals surface area contributed by atoms with Crippen molar-refractivity contribution in [3.05, 3.63) is 23.8 Å². The van der Waals surface area contributed by atoms with Gasteiger partial charge in [-0.15, -0.1) is 0 Å². The van der Waals surface area contributed by atoms with Crippen LogP contribution in [-0.4, -0.2) is 22.8 Å². The molecule has 0 bridgehead atoms. The fraction of sp³-hybridized carbons (Fsp3) is 0.375. The molecular weight excluding hydrogens is 153 g/mol. The van der Waals surface area contributed by atoms with Crippen molar-refractivity contribution in [3.63, 3.8) is 0 Å². The van der Waals surface area contributed by atoms with E-state index in [1.165, 1.54) is 6.92 Å². The van der Waals surface area contributed by atoms with Crippen LogP contribution < -0.4 is 0 Å². The maximum atomic E-state index is 10.6. The molecule has 0 radical (unpaired) electrons. The number of hydrogen-bond donors (Lipinski definition) is 1. The summed E-state index contributed by atoms with van der Waals surface area (Å²) in [5, 5.41) is 9.41. The van der Waals surface area contributed by atoms with E-state index in [9.17, 15) is 9.90 Å². The Morgan fingerprint density at radius 2 is 2.58 bits per heavy atom. The van der Waals surface area contributed by atoms with Crippen molar-refractivity contribution >= 4 is 12.7 Å². The number of nitrogens with zero attached hydrogens (tertiary/aromatic N) is 1. The van der Waals surface area contributed by atoms with E-state index in [0.29, 0.717) is 5.69 Å². The predicted molar refractivity (Wildman–Crippen MR) is 45.8 cm³/mol. The van der Waals surface area contributed by atoms with Crippen LogP contribution in [0.2, 0.25) is 0 Å². The van der Waals surface area contributed by atoms with Gasteiger partial charge in [-0.2, -0.15) is 0 Å². The standard InChI is InChI=1S/C8H10BNO2/c1-6(11)4-8(12)7-5-9-2-3-10-7/h2-3,5,8,12H,4H2,1H3. The minimum atomic E-state index is -0.760. The zero-order chi connectivity index (χ0) is 8.97. The van der Waals surface area contributed by atoms with Crippen molar-refractivity contribution in [2.45, 2.75) is 19.4 Å². The molecule has 0 spiro atoms. The van der Waals surface area contributed by atoms with Crippen molar-refractivity contribution in [3.8, 4) is 0 Å². The maximum absolute atomic E-state index is 10.6. The van der Waals surface area contributed by atoms with Crippen LogP contribution in [0.5, 0.6) is 0 Å². The SMILES string of the molecule is CC(=O)CC(O)c1cbccn1. The first-order valence-corrected chi connectivity index (χ1v) is 3.78. The van der Waals surface area contributed by atoms with Gasteiger partial charge in [-0.25, -0.2) is 0 Å². The molecule has 1 aromatic heterocycles. The van der Waals surface area contributed by atoms with Crippen LogP contribution in [0.3, 0.4) is 0 Å². The van der Waals surface area contributed by atoms with E-state index in [0.717, 1.165) is 0 Å². The number of carbonyl (C=O) groups excluding carboxylic acids is 1. The summed E-state index contributed by atoms with van der Waals surface area (Å²) in [6.07, 6.45) is 0.971. The summed E-state index contributed by atoms with van der Waals surface area (Å²) in [5.74, 6) is 3.44. The van der Waals surface area contributed by atoms with Gasteiger partial charge in [0.1, 0.15) is 0 Å². The fourth-order valence-corrected chi connectivity index (χ4v) is 0.950. The second-order valence-electron chi connectivity index (χ2n) is 2.68. The molecule has 0 aliphatic rings. The molecule has 0 aliphatic carbocycles. The average molecular weight is 163 g/mol. The third-order valence-corrected chi connectivity index (χ3v) is 1.51. The molecule has 12 heavy (non-hydrogen) atoms. The van der Waals surface area contributed by atoms with E-state index >= 15 is 0 Å². The zero-order valence-corrected chi connectivity index (χ0v) is 6.90. The summed E-state index contributed by atoms with van der Waals surface area (Å²) in [7, 11) is 0. The van der Waals surface area contributed by atoms with Crippen LogP contribution in [-0.2, 0) is 4.79 Å². The van der Waals surface area contributed by atoms with Crippen LogP contribution in [0.25, 0.3) is 0 Å². The van der Waals surface area contributed by atoms with Crippen molar-refractivity contribution in [1.82, 2.24) is 4.98 Å². The van der Waals surface area contributed by atoms with Gasteiger partial charge in [-0.05, 0) is 0 Å². The molecule has 1 unspecified atom stereocenters. The van der Waals surface area contributed by atoms with Gasteiger partial charge in [-0.1, -0.05) is 0 Å². The Bertz CT molecular complexity index is 263. The molecular formula is C8H10BNO2. The number of carbonyl (C=O) groups is 1. The van der Waals surface area contributed by atoms with Gasteiger partial charge < -0.3 is 0 Å². The molecule has 0 amide bonds. The molecule has 1 N–H and O–H groups in total. The van der Waals surface area contributed by atoms with Crippen LogP contribution in [0.4, 0.5) is 0 Å². The van der Waals surface area contributed by atoms with Crippen molar-refractivity contribution in [1.29, 1.82) is 0 Å². The van der Waals surface area contributed by atoms with Crippen LogP contribution >= 0.6 is 0 Å². The van der Waals surface area contributed by atoms with E-state index in [1.54, 1.807) is 25.0 Å². The van der Waals surface area contributed by atoms with Crippen molar-refractivity contribution in [2.24, 2.45) is 0 Å². The minimum absolute atomic E-state index is 0.0341. The second kappa shape index (κ2) is 4.11. The van der Waals surface area contributed by atoms with Gasteiger partial charge in [0.2, 0.25) is 0 Å². The van der Waals surface area contributed by atoms with Crippen LogP contribution in [0.15, 0.2) is 18.1 Å². The first-order valence-electron chi connectivity index (χ1n) is 3.78. The van der Waals surface area contributed by atoms with E-state index in [1.807, 2.05) is 0 Å². The van der Waals surface area contributed by atoms with Gasteiger partial charge in [0.25, 0.3) is 0 Å². The van der Waals surface area contributed by atoms with Gasteiger partial charge in [-0.3, -0.25) is 0 Å². The van der Waals surface area contributed by atoms with Gasteiger partial charge in [0.15, 0.2) is 0 Å². The number of ketones is 1. The topological polar surface area (TPSA) is 50.2 Å². The Balaban J connectivity index is 2.65. The molecule has 0 aromatic carbocycles. The molecule has 1 aromatic rings. The summed E-state index contributed by atoms with van der Waals surface area (Å²) >= 11 is 0. The van der Waals surface area contributed by atoms with Gasteiger partial charge >= 0.3 is 70.8 Å². The molecule has 1 atom stereocenters. The molecule has 1 heterocycles. The number of rotatable bonds is 3.